The highest BCUT2D eigenvalue weighted by Gasteiger charge is 2.18. The van der Waals surface area contributed by atoms with E-state index in [0.717, 1.165) is 6.42 Å². The van der Waals surface area contributed by atoms with Crippen LogP contribution in [0.3, 0.4) is 0 Å². The first-order valence-electron chi connectivity index (χ1n) is 5.05. The Hall–Kier alpha value is -1.30. The maximum atomic E-state index is 4.06. The Morgan fingerprint density at radius 2 is 2.00 bits per heavy atom. The fourth-order valence-electron chi connectivity index (χ4n) is 2.28. The molecule has 0 heteroatoms. The predicted molar refractivity (Wildman–Crippen MR) is 62.3 cm³/mol. The number of hydrogen-bond donors (Lipinski definition) is 0. The van der Waals surface area contributed by atoms with E-state index < -0.39 is 0 Å². The molecule has 0 amide bonds. The van der Waals surface area contributed by atoms with Gasteiger partial charge in [-0.3, -0.25) is 0 Å². The SMILES string of the molecule is C=C(C)C1=C(C)Cc2ccc(C)cc21. The second kappa shape index (κ2) is 3.13. The summed E-state index contributed by atoms with van der Waals surface area (Å²) in [4.78, 5) is 0. The molecule has 0 fully saturated rings. The lowest BCUT2D eigenvalue weighted by Gasteiger charge is -2.06. The number of allylic oxidation sites excluding steroid dienone is 3. The van der Waals surface area contributed by atoms with Gasteiger partial charge >= 0.3 is 0 Å². The fraction of sp³-hybridized carbons (Fsp3) is 0.286. The van der Waals surface area contributed by atoms with Crippen molar-refractivity contribution in [3.8, 4) is 0 Å². The lowest BCUT2D eigenvalue weighted by Crippen LogP contribution is -1.86. The van der Waals surface area contributed by atoms with Gasteiger partial charge in [0.05, 0.1) is 0 Å². The molecule has 0 heterocycles. The van der Waals surface area contributed by atoms with Crippen LogP contribution in [0.2, 0.25) is 0 Å². The maximum absolute atomic E-state index is 4.06. The summed E-state index contributed by atoms with van der Waals surface area (Å²) in [6, 6.07) is 6.70. The topological polar surface area (TPSA) is 0 Å². The summed E-state index contributed by atoms with van der Waals surface area (Å²) in [5.41, 5.74) is 8.20. The van der Waals surface area contributed by atoms with Gasteiger partial charge in [-0.1, -0.05) is 41.5 Å². The van der Waals surface area contributed by atoms with E-state index in [1.807, 2.05) is 0 Å². The van der Waals surface area contributed by atoms with Crippen molar-refractivity contribution in [2.75, 3.05) is 0 Å². The summed E-state index contributed by atoms with van der Waals surface area (Å²) in [5, 5.41) is 0. The van der Waals surface area contributed by atoms with Gasteiger partial charge in [0.25, 0.3) is 0 Å². The molecule has 72 valence electrons. The molecule has 0 N–H and O–H groups in total. The molecule has 0 atom stereocenters. The van der Waals surface area contributed by atoms with Crippen LogP contribution in [-0.2, 0) is 6.42 Å². The van der Waals surface area contributed by atoms with Gasteiger partial charge in [0, 0.05) is 0 Å². The number of hydrogen-bond acceptors (Lipinski definition) is 0. The zero-order valence-corrected chi connectivity index (χ0v) is 9.15. The molecule has 0 bridgehead atoms. The third-order valence-electron chi connectivity index (χ3n) is 2.84. The van der Waals surface area contributed by atoms with Crippen molar-refractivity contribution in [3.05, 3.63) is 52.6 Å². The lowest BCUT2D eigenvalue weighted by atomic mass is 9.98. The van der Waals surface area contributed by atoms with Crippen LogP contribution in [-0.4, -0.2) is 0 Å². The molecule has 0 aliphatic heterocycles. The molecule has 0 aromatic heterocycles. The average molecular weight is 184 g/mol. The van der Waals surface area contributed by atoms with Crippen LogP contribution >= 0.6 is 0 Å². The lowest BCUT2D eigenvalue weighted by molar-refractivity contribution is 1.19. The summed E-state index contributed by atoms with van der Waals surface area (Å²) in [6.07, 6.45) is 1.10. The smallest absolute Gasteiger partial charge is 0.00544 e. The van der Waals surface area contributed by atoms with Gasteiger partial charge in [0.1, 0.15) is 0 Å². The second-order valence-corrected chi connectivity index (χ2v) is 4.27. The highest BCUT2D eigenvalue weighted by Crippen LogP contribution is 2.36. The molecule has 14 heavy (non-hydrogen) atoms. The standard InChI is InChI=1S/C14H16/c1-9(2)14-11(4)8-12-6-5-10(3)7-13(12)14/h5-7H,1,8H2,2-4H3. The van der Waals surface area contributed by atoms with Crippen LogP contribution < -0.4 is 0 Å². The Balaban J connectivity index is 2.61. The Morgan fingerprint density at radius 1 is 1.29 bits per heavy atom. The summed E-state index contributed by atoms with van der Waals surface area (Å²) < 4.78 is 0. The van der Waals surface area contributed by atoms with Crippen molar-refractivity contribution in [2.24, 2.45) is 0 Å². The van der Waals surface area contributed by atoms with Crippen molar-refractivity contribution in [1.82, 2.24) is 0 Å². The van der Waals surface area contributed by atoms with Crippen molar-refractivity contribution < 1.29 is 0 Å². The van der Waals surface area contributed by atoms with Crippen molar-refractivity contribution in [2.45, 2.75) is 27.2 Å². The highest BCUT2D eigenvalue weighted by atomic mass is 14.2. The van der Waals surface area contributed by atoms with Crippen molar-refractivity contribution >= 4 is 5.57 Å². The quantitative estimate of drug-likeness (QED) is 0.621. The molecule has 1 aromatic rings. The van der Waals surface area contributed by atoms with E-state index in [4.69, 9.17) is 0 Å². The van der Waals surface area contributed by atoms with Crippen LogP contribution in [0.4, 0.5) is 0 Å². The Bertz CT molecular complexity index is 433. The average Bonchev–Trinajstić information content (AvgIpc) is 2.40. The van der Waals surface area contributed by atoms with Crippen molar-refractivity contribution in [1.29, 1.82) is 0 Å². The van der Waals surface area contributed by atoms with E-state index in [9.17, 15) is 0 Å². The number of rotatable bonds is 1. The molecule has 1 aliphatic carbocycles. The van der Waals surface area contributed by atoms with Crippen LogP contribution in [0.5, 0.6) is 0 Å². The van der Waals surface area contributed by atoms with E-state index >= 15 is 0 Å². The first kappa shape index (κ1) is 9.26. The van der Waals surface area contributed by atoms with Gasteiger partial charge in [-0.15, -0.1) is 0 Å². The monoisotopic (exact) mass is 184 g/mol. The molecule has 0 saturated heterocycles. The van der Waals surface area contributed by atoms with Gasteiger partial charge in [-0.2, -0.15) is 0 Å². The van der Waals surface area contributed by atoms with Crippen LogP contribution in [0.25, 0.3) is 5.57 Å². The minimum absolute atomic E-state index is 1.10. The van der Waals surface area contributed by atoms with Crippen LogP contribution in [0, 0.1) is 6.92 Å². The van der Waals surface area contributed by atoms with E-state index in [1.165, 1.54) is 33.4 Å². The van der Waals surface area contributed by atoms with Gasteiger partial charge in [0.15, 0.2) is 0 Å². The summed E-state index contributed by atoms with van der Waals surface area (Å²) in [5.74, 6) is 0. The summed E-state index contributed by atoms with van der Waals surface area (Å²) in [7, 11) is 0. The molecule has 0 unspecified atom stereocenters. The first-order chi connectivity index (χ1) is 6.59. The summed E-state index contributed by atoms with van der Waals surface area (Å²) >= 11 is 0. The van der Waals surface area contributed by atoms with Gasteiger partial charge in [-0.05, 0) is 43.9 Å². The molecular formula is C14H16. The largest absolute Gasteiger partial charge is 0.0955 e. The highest BCUT2D eigenvalue weighted by molar-refractivity contribution is 5.85. The van der Waals surface area contributed by atoms with E-state index in [-0.39, 0.29) is 0 Å². The van der Waals surface area contributed by atoms with Gasteiger partial charge in [-0.25, -0.2) is 0 Å². The zero-order valence-electron chi connectivity index (χ0n) is 9.15. The Labute approximate surface area is 86.0 Å². The molecule has 1 aromatic carbocycles. The number of fused-ring (bicyclic) bond motifs is 1. The van der Waals surface area contributed by atoms with Crippen LogP contribution in [0.15, 0.2) is 35.9 Å². The van der Waals surface area contributed by atoms with Crippen molar-refractivity contribution in [3.63, 3.8) is 0 Å². The maximum Gasteiger partial charge on any atom is -0.00544 e. The third kappa shape index (κ3) is 1.31. The molecular weight excluding hydrogens is 168 g/mol. The van der Waals surface area contributed by atoms with Crippen LogP contribution in [0.1, 0.15) is 30.5 Å². The second-order valence-electron chi connectivity index (χ2n) is 4.27. The minimum atomic E-state index is 1.10. The third-order valence-corrected chi connectivity index (χ3v) is 2.84. The van der Waals surface area contributed by atoms with E-state index in [1.54, 1.807) is 0 Å². The Kier molecular flexibility index (Phi) is 2.07. The predicted octanol–water partition coefficient (Wildman–Crippen LogP) is 3.90. The summed E-state index contributed by atoms with van der Waals surface area (Å²) in [6.45, 7) is 10.5. The van der Waals surface area contributed by atoms with Gasteiger partial charge < -0.3 is 0 Å². The molecule has 0 saturated carbocycles. The number of benzene rings is 1. The zero-order chi connectivity index (χ0) is 10.3. The first-order valence-corrected chi connectivity index (χ1v) is 5.05. The minimum Gasteiger partial charge on any atom is -0.0955 e. The Morgan fingerprint density at radius 3 is 2.64 bits per heavy atom. The molecule has 0 nitrogen and oxygen atoms in total. The fourth-order valence-corrected chi connectivity index (χ4v) is 2.28. The molecule has 1 aliphatic rings. The molecule has 0 radical (unpaired) electrons. The molecule has 2 rings (SSSR count). The number of aryl methyl sites for hydroxylation is 1. The molecule has 0 spiro atoms. The van der Waals surface area contributed by atoms with E-state index in [0.29, 0.717) is 0 Å². The van der Waals surface area contributed by atoms with Gasteiger partial charge in [0.2, 0.25) is 0 Å². The normalized spacial score (nSPS) is 14.5. The van der Waals surface area contributed by atoms with E-state index in [2.05, 4.69) is 45.5 Å².